The molecular formula is C33H70O2. The molecule has 0 aromatic rings. The maximum Gasteiger partial charge on any atom is 0.306 e. The molecule has 35 heavy (non-hydrogen) atoms. The molecule has 0 heterocycles. The van der Waals surface area contributed by atoms with Gasteiger partial charge in [-0.15, -0.1) is 0 Å². The minimum Gasteiger partial charge on any atom is -0.463 e. The fraction of sp³-hybridized carbons (Fsp3) is 0.909. The number of hydrogen-bond acceptors (Lipinski definition) is 2. The number of hydrogen-bond donors (Lipinski definition) is 0. The van der Waals surface area contributed by atoms with Gasteiger partial charge in [-0.3, -0.25) is 4.79 Å². The summed E-state index contributed by atoms with van der Waals surface area (Å²) in [6.07, 6.45) is 24.4. The van der Waals surface area contributed by atoms with Crippen molar-refractivity contribution in [1.82, 2.24) is 0 Å². The van der Waals surface area contributed by atoms with Crippen molar-refractivity contribution in [2.75, 3.05) is 0 Å². The number of rotatable bonds is 13. The summed E-state index contributed by atoms with van der Waals surface area (Å²) in [5, 5.41) is 0. The molecule has 1 aliphatic carbocycles. The summed E-state index contributed by atoms with van der Waals surface area (Å²) < 4.78 is 4.99. The van der Waals surface area contributed by atoms with Gasteiger partial charge in [0.05, 0.1) is 6.10 Å². The molecule has 0 atom stereocenters. The van der Waals surface area contributed by atoms with Crippen LogP contribution in [0, 0.1) is 5.92 Å². The van der Waals surface area contributed by atoms with E-state index >= 15 is 0 Å². The van der Waals surface area contributed by atoms with Gasteiger partial charge in [0.15, 0.2) is 0 Å². The lowest BCUT2D eigenvalue weighted by molar-refractivity contribution is -0.147. The molecule has 2 nitrogen and oxygen atoms in total. The smallest absolute Gasteiger partial charge is 0.306 e. The van der Waals surface area contributed by atoms with E-state index in [-0.39, 0.29) is 12.1 Å². The van der Waals surface area contributed by atoms with Gasteiger partial charge < -0.3 is 4.74 Å². The third kappa shape index (κ3) is 40.6. The predicted octanol–water partition coefficient (Wildman–Crippen LogP) is 12.3. The van der Waals surface area contributed by atoms with E-state index in [9.17, 15) is 4.79 Å². The molecule has 1 fully saturated rings. The molecule has 214 valence electrons. The van der Waals surface area contributed by atoms with Crippen LogP contribution in [0.4, 0.5) is 0 Å². The first-order valence-electron chi connectivity index (χ1n) is 15.7. The van der Waals surface area contributed by atoms with Crippen LogP contribution in [-0.2, 0) is 9.53 Å². The van der Waals surface area contributed by atoms with Crippen molar-refractivity contribution >= 4 is 5.97 Å². The summed E-state index contributed by atoms with van der Waals surface area (Å²) in [6.45, 7) is 23.1. The molecule has 0 saturated heterocycles. The molecule has 1 rings (SSSR count). The van der Waals surface area contributed by atoms with Crippen LogP contribution in [-0.4, -0.2) is 12.1 Å². The number of unbranched alkanes of at least 4 members (excludes halogenated alkanes) is 9. The highest BCUT2D eigenvalue weighted by Gasteiger charge is 2.15. The molecule has 0 radical (unpaired) electrons. The van der Waals surface area contributed by atoms with Crippen LogP contribution >= 0.6 is 0 Å². The Kier molecular flexibility index (Phi) is 44.6. The number of carbonyl (C=O) groups is 1. The van der Waals surface area contributed by atoms with Gasteiger partial charge in [-0.25, -0.2) is 0 Å². The normalized spacial score (nSPS) is 12.7. The molecular weight excluding hydrogens is 428 g/mol. The first kappa shape index (κ1) is 41.3. The lowest BCUT2D eigenvalue weighted by Gasteiger charge is -2.07. The number of carbonyl (C=O) groups excluding carboxylic acids is 1. The highest BCUT2D eigenvalue weighted by Crippen LogP contribution is 2.30. The van der Waals surface area contributed by atoms with Gasteiger partial charge in [-0.2, -0.15) is 0 Å². The predicted molar refractivity (Wildman–Crippen MR) is 162 cm³/mol. The number of allylic oxidation sites excluding steroid dienone is 2. The van der Waals surface area contributed by atoms with Crippen LogP contribution in [0.25, 0.3) is 0 Å². The summed E-state index contributed by atoms with van der Waals surface area (Å²) in [5.41, 5.74) is 1.60. The van der Waals surface area contributed by atoms with E-state index in [0.29, 0.717) is 6.42 Å². The second-order valence-corrected chi connectivity index (χ2v) is 9.84. The summed E-state index contributed by atoms with van der Waals surface area (Å²) in [6, 6.07) is 0. The van der Waals surface area contributed by atoms with Crippen molar-refractivity contribution < 1.29 is 9.53 Å². The Morgan fingerprint density at radius 2 is 1.14 bits per heavy atom. The van der Waals surface area contributed by atoms with E-state index < -0.39 is 0 Å². The molecule has 0 spiro atoms. The SMILES string of the molecule is CC.CC=C(C)C1CCCC1.CCC.CCCCCCC(=O)OC(C)C.CCCCCCCCC. The van der Waals surface area contributed by atoms with Gasteiger partial charge in [0.25, 0.3) is 0 Å². The average Bonchev–Trinajstić information content (AvgIpc) is 3.39. The first-order chi connectivity index (χ1) is 16.8. The van der Waals surface area contributed by atoms with Crippen LogP contribution in [0.5, 0.6) is 0 Å². The van der Waals surface area contributed by atoms with E-state index in [0.717, 1.165) is 18.8 Å². The molecule has 0 aromatic heterocycles. The molecule has 0 amide bonds. The van der Waals surface area contributed by atoms with E-state index in [1.165, 1.54) is 89.9 Å². The molecule has 1 saturated carbocycles. The molecule has 2 heteroatoms. The van der Waals surface area contributed by atoms with Crippen LogP contribution in [0.15, 0.2) is 11.6 Å². The minimum absolute atomic E-state index is 0.0312. The largest absolute Gasteiger partial charge is 0.463 e. The Morgan fingerprint density at radius 3 is 1.49 bits per heavy atom. The number of ether oxygens (including phenoxy) is 1. The van der Waals surface area contributed by atoms with Gasteiger partial charge in [-0.05, 0) is 52.9 Å². The van der Waals surface area contributed by atoms with Gasteiger partial charge in [0.2, 0.25) is 0 Å². The maximum atomic E-state index is 11.0. The van der Waals surface area contributed by atoms with E-state index in [4.69, 9.17) is 4.74 Å². The van der Waals surface area contributed by atoms with Crippen molar-refractivity contribution in [2.24, 2.45) is 5.92 Å². The summed E-state index contributed by atoms with van der Waals surface area (Å²) in [4.78, 5) is 11.0. The Bertz CT molecular complexity index is 386. The van der Waals surface area contributed by atoms with Crippen molar-refractivity contribution in [2.45, 2.75) is 191 Å². The highest BCUT2D eigenvalue weighted by molar-refractivity contribution is 5.69. The molecule has 0 aliphatic heterocycles. The monoisotopic (exact) mass is 499 g/mol. The molecule has 0 N–H and O–H groups in total. The number of esters is 1. The van der Waals surface area contributed by atoms with E-state index in [1.807, 2.05) is 27.7 Å². The van der Waals surface area contributed by atoms with Gasteiger partial charge in [-0.1, -0.05) is 144 Å². The van der Waals surface area contributed by atoms with Crippen LogP contribution in [0.3, 0.4) is 0 Å². The first-order valence-corrected chi connectivity index (χ1v) is 15.7. The lowest BCUT2D eigenvalue weighted by Crippen LogP contribution is -2.10. The van der Waals surface area contributed by atoms with E-state index in [2.05, 4.69) is 54.5 Å². The molecule has 0 bridgehead atoms. The summed E-state index contributed by atoms with van der Waals surface area (Å²) in [7, 11) is 0. The Labute approximate surface area is 224 Å². The fourth-order valence-corrected chi connectivity index (χ4v) is 3.67. The third-order valence-electron chi connectivity index (χ3n) is 5.76. The zero-order chi connectivity index (χ0) is 27.7. The quantitative estimate of drug-likeness (QED) is 0.143. The third-order valence-corrected chi connectivity index (χ3v) is 5.76. The Morgan fingerprint density at radius 1 is 0.771 bits per heavy atom. The second kappa shape index (κ2) is 37.8. The molecule has 1 aliphatic rings. The standard InChI is InChI=1S/C10H20O2.C9H16.C9H20.C3H8.C2H6/c1-4-5-6-7-8-10(11)12-9(2)3;1-3-8(2)9-6-4-5-7-9;1-3-5-7-9-8-6-4-2;1-3-2;1-2/h9H,4-8H2,1-3H3;3,9H,4-7H2,1-2H3;3-9H2,1-2H3;3H2,1-2H3;1-2H3. The van der Waals surface area contributed by atoms with Crippen LogP contribution < -0.4 is 0 Å². The zero-order valence-electron chi connectivity index (χ0n) is 26.6. The van der Waals surface area contributed by atoms with Gasteiger partial charge in [0, 0.05) is 6.42 Å². The van der Waals surface area contributed by atoms with Crippen molar-refractivity contribution in [3.63, 3.8) is 0 Å². The maximum absolute atomic E-state index is 11.0. The van der Waals surface area contributed by atoms with Crippen molar-refractivity contribution in [3.05, 3.63) is 11.6 Å². The topological polar surface area (TPSA) is 26.3 Å². The second-order valence-electron chi connectivity index (χ2n) is 9.84. The van der Waals surface area contributed by atoms with Crippen LogP contribution in [0.1, 0.15) is 185 Å². The molecule has 0 aromatic carbocycles. The Balaban J connectivity index is -0.000000190. The average molecular weight is 499 g/mol. The summed E-state index contributed by atoms with van der Waals surface area (Å²) >= 11 is 0. The van der Waals surface area contributed by atoms with Crippen LogP contribution in [0.2, 0.25) is 0 Å². The fourth-order valence-electron chi connectivity index (χ4n) is 3.67. The zero-order valence-corrected chi connectivity index (χ0v) is 26.6. The van der Waals surface area contributed by atoms with Crippen molar-refractivity contribution in [3.8, 4) is 0 Å². The van der Waals surface area contributed by atoms with Crippen molar-refractivity contribution in [1.29, 1.82) is 0 Å². The summed E-state index contributed by atoms with van der Waals surface area (Å²) in [5.74, 6) is 0.885. The molecule has 0 unspecified atom stereocenters. The van der Waals surface area contributed by atoms with Gasteiger partial charge in [0.1, 0.15) is 0 Å². The minimum atomic E-state index is -0.0545. The Hall–Kier alpha value is -0.790. The highest BCUT2D eigenvalue weighted by atomic mass is 16.5. The van der Waals surface area contributed by atoms with Gasteiger partial charge >= 0.3 is 5.97 Å². The van der Waals surface area contributed by atoms with E-state index in [1.54, 1.807) is 5.57 Å². The lowest BCUT2D eigenvalue weighted by atomic mass is 9.99.